The molecule has 5 heteroatoms. The summed E-state index contributed by atoms with van der Waals surface area (Å²) in [4.78, 5) is 17.8. The number of methoxy groups -OCH3 is 1. The summed E-state index contributed by atoms with van der Waals surface area (Å²) in [6, 6.07) is 12.8. The molecule has 0 bridgehead atoms. The van der Waals surface area contributed by atoms with Crippen LogP contribution in [0.4, 0.5) is 0 Å². The summed E-state index contributed by atoms with van der Waals surface area (Å²) in [5.74, 6) is -0.358. The number of rotatable bonds is 5. The van der Waals surface area contributed by atoms with Crippen molar-refractivity contribution in [1.29, 1.82) is 0 Å². The molecule has 1 N–H and O–H groups in total. The quantitative estimate of drug-likeness (QED) is 0.863. The third kappa shape index (κ3) is 3.56. The average Bonchev–Trinajstić information content (AvgIpc) is 2.54. The Morgan fingerprint density at radius 3 is 2.55 bits per heavy atom. The van der Waals surface area contributed by atoms with Crippen LogP contribution in [0.2, 0.25) is 0 Å². The van der Waals surface area contributed by atoms with Gasteiger partial charge < -0.3 is 9.84 Å². The van der Waals surface area contributed by atoms with Gasteiger partial charge in [-0.05, 0) is 30.2 Å². The molecule has 0 aromatic heterocycles. The van der Waals surface area contributed by atoms with Gasteiger partial charge >= 0.3 is 0 Å². The van der Waals surface area contributed by atoms with Crippen molar-refractivity contribution >= 4 is 5.91 Å². The van der Waals surface area contributed by atoms with Crippen molar-refractivity contribution in [3.8, 4) is 11.5 Å². The van der Waals surface area contributed by atoms with Gasteiger partial charge in [-0.25, -0.2) is 5.06 Å². The van der Waals surface area contributed by atoms with Gasteiger partial charge in [-0.15, -0.1) is 0 Å². The summed E-state index contributed by atoms with van der Waals surface area (Å²) in [5, 5.41) is 11.2. The van der Waals surface area contributed by atoms with Crippen LogP contribution in [0.15, 0.2) is 42.5 Å². The van der Waals surface area contributed by atoms with Crippen molar-refractivity contribution in [3.63, 3.8) is 0 Å². The van der Waals surface area contributed by atoms with E-state index in [2.05, 4.69) is 0 Å². The molecule has 0 aliphatic heterocycles. The number of aryl methyl sites for hydroxylation is 1. The van der Waals surface area contributed by atoms with Gasteiger partial charge in [-0.3, -0.25) is 9.63 Å². The number of carbonyl (C=O) groups is 1. The van der Waals surface area contributed by atoms with Crippen LogP contribution >= 0.6 is 0 Å². The molecule has 2 rings (SSSR count). The van der Waals surface area contributed by atoms with Gasteiger partial charge in [0, 0.05) is 7.05 Å². The van der Waals surface area contributed by atoms with Gasteiger partial charge in [0.25, 0.3) is 5.91 Å². The van der Waals surface area contributed by atoms with Crippen LogP contribution in [-0.2, 0) is 11.4 Å². The molecular weight excluding hydrogens is 282 g/mol. The first-order valence-electron chi connectivity index (χ1n) is 6.85. The Morgan fingerprint density at radius 2 is 1.91 bits per heavy atom. The minimum absolute atomic E-state index is 0.146. The zero-order valence-corrected chi connectivity index (χ0v) is 12.9. The lowest BCUT2D eigenvalue weighted by molar-refractivity contribution is -0.116. The molecule has 2 aromatic carbocycles. The van der Waals surface area contributed by atoms with E-state index in [4.69, 9.17) is 9.57 Å². The summed E-state index contributed by atoms with van der Waals surface area (Å²) in [6.45, 7) is 2.09. The van der Waals surface area contributed by atoms with Crippen molar-refractivity contribution < 1.29 is 19.5 Å². The number of amides is 1. The summed E-state index contributed by atoms with van der Waals surface area (Å²) in [7, 11) is 2.96. The molecule has 0 saturated heterocycles. The Kier molecular flexibility index (Phi) is 5.01. The fourth-order valence-electron chi connectivity index (χ4n) is 2.04. The van der Waals surface area contributed by atoms with E-state index >= 15 is 0 Å². The summed E-state index contributed by atoms with van der Waals surface area (Å²) >= 11 is 0. The maximum absolute atomic E-state index is 12.4. The van der Waals surface area contributed by atoms with Crippen molar-refractivity contribution in [3.05, 3.63) is 59.2 Å². The Bertz CT molecular complexity index is 655. The summed E-state index contributed by atoms with van der Waals surface area (Å²) in [5.41, 5.74) is 1.91. The van der Waals surface area contributed by atoms with Crippen LogP contribution in [0.1, 0.15) is 21.5 Å². The number of phenols is 1. The maximum Gasteiger partial charge on any atom is 0.281 e. The number of hydrogen-bond acceptors (Lipinski definition) is 4. The number of hydroxylamine groups is 2. The minimum atomic E-state index is -0.435. The third-order valence-corrected chi connectivity index (χ3v) is 3.22. The van der Waals surface area contributed by atoms with Gasteiger partial charge in [-0.1, -0.05) is 30.3 Å². The predicted molar refractivity (Wildman–Crippen MR) is 82.7 cm³/mol. The highest BCUT2D eigenvalue weighted by Gasteiger charge is 2.20. The van der Waals surface area contributed by atoms with Crippen LogP contribution in [0.3, 0.4) is 0 Å². The lowest BCUT2D eigenvalue weighted by atomic mass is 10.1. The lowest BCUT2D eigenvalue weighted by Gasteiger charge is -2.18. The molecule has 0 fully saturated rings. The minimum Gasteiger partial charge on any atom is -0.504 e. The number of aromatic hydroxyl groups is 1. The van der Waals surface area contributed by atoms with E-state index < -0.39 is 5.91 Å². The monoisotopic (exact) mass is 301 g/mol. The first-order chi connectivity index (χ1) is 10.5. The van der Waals surface area contributed by atoms with Gasteiger partial charge in [0.1, 0.15) is 6.61 Å². The lowest BCUT2D eigenvalue weighted by Crippen LogP contribution is -2.27. The highest BCUT2D eigenvalue weighted by molar-refractivity contribution is 5.97. The smallest absolute Gasteiger partial charge is 0.281 e. The molecule has 1 amide bonds. The van der Waals surface area contributed by atoms with Crippen molar-refractivity contribution in [2.75, 3.05) is 14.2 Å². The van der Waals surface area contributed by atoms with Gasteiger partial charge in [0.15, 0.2) is 11.5 Å². The molecule has 116 valence electrons. The largest absolute Gasteiger partial charge is 0.504 e. The van der Waals surface area contributed by atoms with Gasteiger partial charge in [0.2, 0.25) is 0 Å². The first-order valence-corrected chi connectivity index (χ1v) is 6.85. The maximum atomic E-state index is 12.4. The molecule has 0 spiro atoms. The third-order valence-electron chi connectivity index (χ3n) is 3.22. The molecule has 2 aromatic rings. The number of carbonyl (C=O) groups excluding carboxylic acids is 1. The molecule has 0 saturated carbocycles. The fraction of sp³-hybridized carbons (Fsp3) is 0.235. The van der Waals surface area contributed by atoms with E-state index in [1.54, 1.807) is 12.1 Å². The number of benzene rings is 2. The van der Waals surface area contributed by atoms with Crippen LogP contribution in [0.25, 0.3) is 0 Å². The van der Waals surface area contributed by atoms with Crippen LogP contribution in [-0.4, -0.2) is 30.2 Å². The summed E-state index contributed by atoms with van der Waals surface area (Å²) < 4.78 is 5.06. The van der Waals surface area contributed by atoms with Crippen molar-refractivity contribution in [2.24, 2.45) is 0 Å². The van der Waals surface area contributed by atoms with Crippen molar-refractivity contribution in [1.82, 2.24) is 5.06 Å². The zero-order valence-electron chi connectivity index (χ0n) is 12.9. The van der Waals surface area contributed by atoms with E-state index in [0.717, 1.165) is 16.2 Å². The molecule has 0 aliphatic rings. The van der Waals surface area contributed by atoms with E-state index in [1.807, 2.05) is 37.3 Å². The van der Waals surface area contributed by atoms with E-state index in [1.165, 1.54) is 14.2 Å². The molecule has 5 nitrogen and oxygen atoms in total. The highest BCUT2D eigenvalue weighted by atomic mass is 16.7. The topological polar surface area (TPSA) is 59.0 Å². The second kappa shape index (κ2) is 6.95. The van der Waals surface area contributed by atoms with E-state index in [9.17, 15) is 9.90 Å². The van der Waals surface area contributed by atoms with Crippen molar-refractivity contribution in [2.45, 2.75) is 13.5 Å². The number of ether oxygens (including phenoxy) is 1. The van der Waals surface area contributed by atoms with E-state index in [0.29, 0.717) is 0 Å². The predicted octanol–water partition coefficient (Wildman–Crippen LogP) is 2.91. The van der Waals surface area contributed by atoms with Crippen LogP contribution in [0.5, 0.6) is 11.5 Å². The fourth-order valence-corrected chi connectivity index (χ4v) is 2.04. The molecule has 22 heavy (non-hydrogen) atoms. The highest BCUT2D eigenvalue weighted by Crippen LogP contribution is 2.32. The second-order valence-corrected chi connectivity index (χ2v) is 4.93. The van der Waals surface area contributed by atoms with Crippen LogP contribution in [0, 0.1) is 6.92 Å². The van der Waals surface area contributed by atoms with Crippen LogP contribution < -0.4 is 4.74 Å². The molecular formula is C17H19NO4. The Hall–Kier alpha value is -2.53. The van der Waals surface area contributed by atoms with E-state index in [-0.39, 0.29) is 23.7 Å². The Balaban J connectivity index is 2.12. The second-order valence-electron chi connectivity index (χ2n) is 4.93. The van der Waals surface area contributed by atoms with Gasteiger partial charge in [0.05, 0.1) is 12.7 Å². The normalized spacial score (nSPS) is 10.3. The molecule has 0 aliphatic carbocycles. The molecule has 0 unspecified atom stereocenters. The number of nitrogens with zero attached hydrogens (tertiary/aromatic N) is 1. The number of phenolic OH excluding ortho intramolecular Hbond substituents is 1. The standard InChI is InChI=1S/C17H19NO4/c1-12-9-14(16(19)15(10-12)21-3)17(20)18(2)22-11-13-7-5-4-6-8-13/h4-10,19H,11H2,1-3H3. The average molecular weight is 301 g/mol. The SMILES string of the molecule is COc1cc(C)cc(C(=O)N(C)OCc2ccccc2)c1O. The Morgan fingerprint density at radius 1 is 1.23 bits per heavy atom. The Labute approximate surface area is 129 Å². The number of hydrogen-bond donors (Lipinski definition) is 1. The summed E-state index contributed by atoms with van der Waals surface area (Å²) in [6.07, 6.45) is 0. The molecule has 0 atom stereocenters. The zero-order chi connectivity index (χ0) is 16.1. The van der Waals surface area contributed by atoms with Gasteiger partial charge in [-0.2, -0.15) is 0 Å². The molecule has 0 radical (unpaired) electrons. The first kappa shape index (κ1) is 15.9. The molecule has 0 heterocycles.